The van der Waals surface area contributed by atoms with E-state index < -0.39 is 11.5 Å². The predicted octanol–water partition coefficient (Wildman–Crippen LogP) is 1.02. The molecule has 6 heteroatoms. The number of carboxylic acids is 1. The third kappa shape index (κ3) is 3.46. The lowest BCUT2D eigenvalue weighted by atomic mass is 10.00. The molecule has 0 saturated carbocycles. The molecular weight excluding hydrogens is 226 g/mol. The van der Waals surface area contributed by atoms with Gasteiger partial charge in [0.05, 0.1) is 6.20 Å². The Labute approximate surface area is 98.7 Å². The minimum Gasteiger partial charge on any atom is -0.480 e. The molecule has 0 bridgehead atoms. The fourth-order valence-electron chi connectivity index (χ4n) is 1.06. The molecule has 0 saturated heterocycles. The van der Waals surface area contributed by atoms with Gasteiger partial charge < -0.3 is 10.4 Å². The maximum Gasteiger partial charge on any atom is 0.323 e. The summed E-state index contributed by atoms with van der Waals surface area (Å²) in [5.74, 6) is -0.155. The van der Waals surface area contributed by atoms with E-state index in [2.05, 4.69) is 15.3 Å². The number of rotatable bonds is 6. The molecule has 88 valence electrons. The van der Waals surface area contributed by atoms with Crippen LogP contribution in [-0.2, 0) is 4.79 Å². The number of hydrogen-bond donors (Lipinski definition) is 2. The normalized spacial score (nSPS) is 14.4. The average molecular weight is 241 g/mol. The third-order valence-corrected chi connectivity index (χ3v) is 3.33. The summed E-state index contributed by atoms with van der Waals surface area (Å²) in [6.45, 7) is 1.67. The first-order valence-corrected chi connectivity index (χ1v) is 5.88. The predicted molar refractivity (Wildman–Crippen MR) is 62.5 cm³/mol. The number of thioether (sulfide) groups is 1. The Hall–Kier alpha value is -1.14. The maximum absolute atomic E-state index is 11.0. The first kappa shape index (κ1) is 12.9. The summed E-state index contributed by atoms with van der Waals surface area (Å²) in [7, 11) is 1.65. The van der Waals surface area contributed by atoms with Gasteiger partial charge in [0.15, 0.2) is 0 Å². The third-order valence-electron chi connectivity index (χ3n) is 2.42. The molecule has 0 amide bonds. The van der Waals surface area contributed by atoms with Crippen molar-refractivity contribution in [3.63, 3.8) is 0 Å². The first-order valence-electron chi connectivity index (χ1n) is 4.89. The van der Waals surface area contributed by atoms with Crippen molar-refractivity contribution in [2.45, 2.75) is 23.9 Å². The highest BCUT2D eigenvalue weighted by Gasteiger charge is 2.30. The van der Waals surface area contributed by atoms with E-state index in [1.807, 2.05) is 0 Å². The standard InChI is InChI=1S/C10H15N3O2S/c1-10(11-2,9(14)15)3-6-16-8-7-12-4-5-13-8/h4-5,7,11H,3,6H2,1-2H3,(H,14,15). The molecule has 16 heavy (non-hydrogen) atoms. The lowest BCUT2D eigenvalue weighted by Gasteiger charge is -2.23. The van der Waals surface area contributed by atoms with Gasteiger partial charge in [-0.1, -0.05) is 0 Å². The Morgan fingerprint density at radius 3 is 2.88 bits per heavy atom. The fourth-order valence-corrected chi connectivity index (χ4v) is 2.05. The zero-order chi connectivity index (χ0) is 12.0. The smallest absolute Gasteiger partial charge is 0.323 e. The van der Waals surface area contributed by atoms with Crippen LogP contribution in [0.4, 0.5) is 0 Å². The van der Waals surface area contributed by atoms with Crippen LogP contribution in [0.15, 0.2) is 23.6 Å². The van der Waals surface area contributed by atoms with Crippen LogP contribution >= 0.6 is 11.8 Å². The summed E-state index contributed by atoms with van der Waals surface area (Å²) in [5, 5.41) is 12.7. The number of nitrogens with zero attached hydrogens (tertiary/aromatic N) is 2. The van der Waals surface area contributed by atoms with Crippen molar-refractivity contribution < 1.29 is 9.90 Å². The summed E-state index contributed by atoms with van der Waals surface area (Å²) < 4.78 is 0. The van der Waals surface area contributed by atoms with Gasteiger partial charge >= 0.3 is 5.97 Å². The van der Waals surface area contributed by atoms with Crippen molar-refractivity contribution in [2.24, 2.45) is 0 Å². The van der Waals surface area contributed by atoms with Crippen LogP contribution in [-0.4, -0.2) is 39.4 Å². The second-order valence-corrected chi connectivity index (χ2v) is 4.64. The van der Waals surface area contributed by atoms with Crippen LogP contribution in [0.5, 0.6) is 0 Å². The van der Waals surface area contributed by atoms with Gasteiger partial charge in [0, 0.05) is 18.1 Å². The average Bonchev–Trinajstić information content (AvgIpc) is 2.30. The van der Waals surface area contributed by atoms with E-state index >= 15 is 0 Å². The minimum absolute atomic E-state index is 0.528. The van der Waals surface area contributed by atoms with Crippen LogP contribution < -0.4 is 5.32 Å². The van der Waals surface area contributed by atoms with Gasteiger partial charge in [-0.25, -0.2) is 4.98 Å². The molecule has 0 radical (unpaired) electrons. The van der Waals surface area contributed by atoms with Crippen molar-refractivity contribution in [3.05, 3.63) is 18.6 Å². The van der Waals surface area contributed by atoms with E-state index in [-0.39, 0.29) is 0 Å². The van der Waals surface area contributed by atoms with Gasteiger partial charge in [-0.05, 0) is 20.4 Å². The van der Waals surface area contributed by atoms with Crippen LogP contribution in [0.25, 0.3) is 0 Å². The summed E-state index contributed by atoms with van der Waals surface area (Å²) in [5.41, 5.74) is -0.880. The highest BCUT2D eigenvalue weighted by atomic mass is 32.2. The number of nitrogens with one attached hydrogen (secondary N) is 1. The number of carboxylic acid groups (broad SMARTS) is 1. The van der Waals surface area contributed by atoms with Gasteiger partial charge in [-0.3, -0.25) is 9.78 Å². The van der Waals surface area contributed by atoms with E-state index in [9.17, 15) is 4.79 Å². The van der Waals surface area contributed by atoms with E-state index in [1.54, 1.807) is 32.6 Å². The minimum atomic E-state index is -0.880. The van der Waals surface area contributed by atoms with Gasteiger partial charge in [-0.2, -0.15) is 0 Å². The maximum atomic E-state index is 11.0. The highest BCUT2D eigenvalue weighted by Crippen LogP contribution is 2.19. The van der Waals surface area contributed by atoms with E-state index in [0.29, 0.717) is 12.2 Å². The zero-order valence-electron chi connectivity index (χ0n) is 9.30. The number of aliphatic carboxylic acids is 1. The van der Waals surface area contributed by atoms with Gasteiger partial charge in [0.25, 0.3) is 0 Å². The molecule has 1 rings (SSSR count). The SMILES string of the molecule is CNC(C)(CCSc1cnccn1)C(=O)O. The fraction of sp³-hybridized carbons (Fsp3) is 0.500. The molecule has 0 aliphatic carbocycles. The summed E-state index contributed by atoms with van der Waals surface area (Å²) in [6, 6.07) is 0. The monoisotopic (exact) mass is 241 g/mol. The van der Waals surface area contributed by atoms with Gasteiger partial charge in [0.1, 0.15) is 10.6 Å². The Bertz CT molecular complexity index is 347. The van der Waals surface area contributed by atoms with E-state index in [1.165, 1.54) is 11.8 Å². The van der Waals surface area contributed by atoms with E-state index in [0.717, 1.165) is 5.03 Å². The second kappa shape index (κ2) is 5.81. The molecule has 1 heterocycles. The topological polar surface area (TPSA) is 75.1 Å². The van der Waals surface area contributed by atoms with Gasteiger partial charge in [0.2, 0.25) is 0 Å². The Kier molecular flexibility index (Phi) is 4.70. The van der Waals surface area contributed by atoms with E-state index in [4.69, 9.17) is 5.11 Å². The lowest BCUT2D eigenvalue weighted by Crippen LogP contribution is -2.47. The lowest BCUT2D eigenvalue weighted by molar-refractivity contribution is -0.144. The molecule has 0 aliphatic rings. The van der Waals surface area contributed by atoms with Crippen LogP contribution in [0.1, 0.15) is 13.3 Å². The summed E-state index contributed by atoms with van der Waals surface area (Å²) >= 11 is 1.50. The van der Waals surface area contributed by atoms with Crippen molar-refractivity contribution in [1.29, 1.82) is 0 Å². The Balaban J connectivity index is 2.43. The van der Waals surface area contributed by atoms with Crippen molar-refractivity contribution >= 4 is 17.7 Å². The molecule has 5 nitrogen and oxygen atoms in total. The molecular formula is C10H15N3O2S. The highest BCUT2D eigenvalue weighted by molar-refractivity contribution is 7.99. The van der Waals surface area contributed by atoms with Crippen molar-refractivity contribution in [3.8, 4) is 0 Å². The van der Waals surface area contributed by atoms with Crippen LogP contribution in [0.3, 0.4) is 0 Å². The summed E-state index contributed by atoms with van der Waals surface area (Å²) in [6.07, 6.45) is 5.43. The van der Waals surface area contributed by atoms with Crippen molar-refractivity contribution in [1.82, 2.24) is 15.3 Å². The number of aromatic nitrogens is 2. The Morgan fingerprint density at radius 1 is 1.62 bits per heavy atom. The number of carbonyl (C=O) groups is 1. The molecule has 0 spiro atoms. The molecule has 1 aromatic heterocycles. The second-order valence-electron chi connectivity index (χ2n) is 3.53. The summed E-state index contributed by atoms with van der Waals surface area (Å²) in [4.78, 5) is 19.0. The zero-order valence-corrected chi connectivity index (χ0v) is 10.1. The quantitative estimate of drug-likeness (QED) is 0.724. The largest absolute Gasteiger partial charge is 0.480 e. The number of hydrogen-bond acceptors (Lipinski definition) is 5. The van der Waals surface area contributed by atoms with Crippen molar-refractivity contribution in [2.75, 3.05) is 12.8 Å². The molecule has 0 aliphatic heterocycles. The van der Waals surface area contributed by atoms with Gasteiger partial charge in [-0.15, -0.1) is 11.8 Å². The van der Waals surface area contributed by atoms with Crippen LogP contribution in [0.2, 0.25) is 0 Å². The molecule has 2 N–H and O–H groups in total. The molecule has 0 aromatic carbocycles. The molecule has 1 aromatic rings. The molecule has 1 unspecified atom stereocenters. The van der Waals surface area contributed by atoms with Crippen LogP contribution in [0, 0.1) is 0 Å². The Morgan fingerprint density at radius 2 is 2.38 bits per heavy atom. The number of likely N-dealkylation sites (N-methyl/N-ethyl adjacent to an activating group) is 1. The molecule has 0 fully saturated rings. The first-order chi connectivity index (χ1) is 7.58. The molecule has 1 atom stereocenters.